The first kappa shape index (κ1) is 18.1. The molecule has 3 aromatic rings. The standard InChI is InChI=1S/C22H23FN2O/c1-26-25-22(19-8-10-21(23)11-9-19)13-15-24-14-12-17-6-7-18-4-2-3-5-20(18)16-17/h2-11,16,24H,12-15H2,1H3. The largest absolute Gasteiger partial charge is 0.399 e. The minimum absolute atomic E-state index is 0.251. The van der Waals surface area contributed by atoms with Crippen LogP contribution in [0.2, 0.25) is 0 Å². The van der Waals surface area contributed by atoms with Gasteiger partial charge in [-0.05, 0) is 47.0 Å². The molecule has 3 rings (SSSR count). The van der Waals surface area contributed by atoms with Gasteiger partial charge >= 0.3 is 0 Å². The van der Waals surface area contributed by atoms with Gasteiger partial charge in [0.25, 0.3) is 0 Å². The van der Waals surface area contributed by atoms with Gasteiger partial charge in [0.05, 0.1) is 5.71 Å². The van der Waals surface area contributed by atoms with E-state index in [1.165, 1.54) is 35.6 Å². The first-order valence-electron chi connectivity index (χ1n) is 8.80. The molecule has 0 saturated carbocycles. The second-order valence-corrected chi connectivity index (χ2v) is 6.16. The predicted molar refractivity (Wildman–Crippen MR) is 105 cm³/mol. The van der Waals surface area contributed by atoms with Gasteiger partial charge in [-0.1, -0.05) is 59.8 Å². The molecule has 1 N–H and O–H groups in total. The van der Waals surface area contributed by atoms with Crippen molar-refractivity contribution in [3.8, 4) is 0 Å². The summed E-state index contributed by atoms with van der Waals surface area (Å²) in [5.41, 5.74) is 3.01. The maximum Gasteiger partial charge on any atom is 0.123 e. The number of nitrogens with zero attached hydrogens (tertiary/aromatic N) is 1. The van der Waals surface area contributed by atoms with Crippen LogP contribution < -0.4 is 5.32 Å². The van der Waals surface area contributed by atoms with Crippen molar-refractivity contribution in [3.63, 3.8) is 0 Å². The third kappa shape index (κ3) is 4.90. The number of hydrogen-bond donors (Lipinski definition) is 1. The molecule has 0 saturated heterocycles. The Hall–Kier alpha value is -2.72. The molecule has 0 bridgehead atoms. The Balaban J connectivity index is 1.49. The molecule has 0 unspecified atom stereocenters. The summed E-state index contributed by atoms with van der Waals surface area (Å²) in [6, 6.07) is 21.3. The third-order valence-corrected chi connectivity index (χ3v) is 4.32. The zero-order chi connectivity index (χ0) is 18.2. The van der Waals surface area contributed by atoms with Crippen molar-refractivity contribution in [1.29, 1.82) is 0 Å². The predicted octanol–water partition coefficient (Wildman–Crippen LogP) is 4.55. The van der Waals surface area contributed by atoms with E-state index in [2.05, 4.69) is 52.9 Å². The van der Waals surface area contributed by atoms with E-state index < -0.39 is 0 Å². The molecular formula is C22H23FN2O. The fourth-order valence-corrected chi connectivity index (χ4v) is 2.95. The van der Waals surface area contributed by atoms with E-state index in [0.29, 0.717) is 0 Å². The number of oxime groups is 1. The van der Waals surface area contributed by atoms with Crippen LogP contribution >= 0.6 is 0 Å². The van der Waals surface area contributed by atoms with E-state index in [1.807, 2.05) is 0 Å². The molecule has 26 heavy (non-hydrogen) atoms. The number of fused-ring (bicyclic) bond motifs is 1. The lowest BCUT2D eigenvalue weighted by Gasteiger charge is -2.08. The molecule has 4 heteroatoms. The van der Waals surface area contributed by atoms with E-state index in [9.17, 15) is 4.39 Å². The van der Waals surface area contributed by atoms with Gasteiger partial charge in [-0.25, -0.2) is 4.39 Å². The van der Waals surface area contributed by atoms with Crippen LogP contribution in [0.25, 0.3) is 10.8 Å². The van der Waals surface area contributed by atoms with Gasteiger partial charge in [0.2, 0.25) is 0 Å². The van der Waals surface area contributed by atoms with Crippen molar-refractivity contribution in [1.82, 2.24) is 5.32 Å². The molecule has 3 nitrogen and oxygen atoms in total. The molecular weight excluding hydrogens is 327 g/mol. The monoisotopic (exact) mass is 350 g/mol. The summed E-state index contributed by atoms with van der Waals surface area (Å²) in [5.74, 6) is -0.251. The Bertz CT molecular complexity index is 875. The first-order chi connectivity index (χ1) is 12.8. The first-order valence-corrected chi connectivity index (χ1v) is 8.80. The molecule has 3 aromatic carbocycles. The molecule has 0 aliphatic heterocycles. The SMILES string of the molecule is CON=C(CCNCCc1ccc2ccccc2c1)c1ccc(F)cc1. The van der Waals surface area contributed by atoms with Crippen LogP contribution in [0, 0.1) is 5.82 Å². The van der Waals surface area contributed by atoms with Crippen molar-refractivity contribution in [3.05, 3.63) is 83.7 Å². The average molecular weight is 350 g/mol. The number of rotatable bonds is 8. The van der Waals surface area contributed by atoms with E-state index in [0.717, 1.165) is 37.2 Å². The highest BCUT2D eigenvalue weighted by Gasteiger charge is 2.05. The zero-order valence-corrected chi connectivity index (χ0v) is 14.9. The lowest BCUT2D eigenvalue weighted by Crippen LogP contribution is -2.21. The number of halogens is 1. The van der Waals surface area contributed by atoms with Gasteiger partial charge in [-0.3, -0.25) is 0 Å². The number of nitrogens with one attached hydrogen (secondary N) is 1. The van der Waals surface area contributed by atoms with Gasteiger partial charge in [-0.2, -0.15) is 0 Å². The Kier molecular flexibility index (Phi) is 6.34. The molecule has 134 valence electrons. The van der Waals surface area contributed by atoms with Crippen molar-refractivity contribution < 1.29 is 9.23 Å². The molecule has 0 aliphatic carbocycles. The highest BCUT2D eigenvalue weighted by molar-refractivity contribution is 6.00. The third-order valence-electron chi connectivity index (χ3n) is 4.32. The fourth-order valence-electron chi connectivity index (χ4n) is 2.95. The van der Waals surface area contributed by atoms with Crippen LogP contribution in [0.15, 0.2) is 71.9 Å². The van der Waals surface area contributed by atoms with Gasteiger partial charge in [0, 0.05) is 13.0 Å². The van der Waals surface area contributed by atoms with Crippen molar-refractivity contribution >= 4 is 16.5 Å². The normalized spacial score (nSPS) is 11.7. The van der Waals surface area contributed by atoms with E-state index >= 15 is 0 Å². The molecule has 0 aliphatic rings. The molecule has 0 radical (unpaired) electrons. The van der Waals surface area contributed by atoms with Crippen LogP contribution in [-0.2, 0) is 11.3 Å². The summed E-state index contributed by atoms with van der Waals surface area (Å²) in [6.07, 6.45) is 1.69. The van der Waals surface area contributed by atoms with Gasteiger partial charge < -0.3 is 10.2 Å². The van der Waals surface area contributed by atoms with Crippen LogP contribution in [-0.4, -0.2) is 25.9 Å². The van der Waals surface area contributed by atoms with Gasteiger partial charge in [0.15, 0.2) is 0 Å². The molecule has 0 fully saturated rings. The molecule has 0 heterocycles. The van der Waals surface area contributed by atoms with Crippen LogP contribution in [0.3, 0.4) is 0 Å². The summed E-state index contributed by atoms with van der Waals surface area (Å²) in [4.78, 5) is 4.92. The van der Waals surface area contributed by atoms with E-state index in [1.54, 1.807) is 12.1 Å². The summed E-state index contributed by atoms with van der Waals surface area (Å²) < 4.78 is 13.1. The minimum atomic E-state index is -0.251. The second-order valence-electron chi connectivity index (χ2n) is 6.16. The van der Waals surface area contributed by atoms with Crippen molar-refractivity contribution in [2.24, 2.45) is 5.16 Å². The second kappa shape index (κ2) is 9.11. The molecule has 0 atom stereocenters. The zero-order valence-electron chi connectivity index (χ0n) is 14.9. The van der Waals surface area contributed by atoms with Crippen molar-refractivity contribution in [2.75, 3.05) is 20.2 Å². The summed E-state index contributed by atoms with van der Waals surface area (Å²) in [5, 5.41) is 10.1. The van der Waals surface area contributed by atoms with Gasteiger partial charge in [0.1, 0.15) is 12.9 Å². The van der Waals surface area contributed by atoms with Crippen LogP contribution in [0.5, 0.6) is 0 Å². The van der Waals surface area contributed by atoms with E-state index in [-0.39, 0.29) is 5.82 Å². The summed E-state index contributed by atoms with van der Waals surface area (Å²) >= 11 is 0. The summed E-state index contributed by atoms with van der Waals surface area (Å²) in [7, 11) is 1.52. The number of benzene rings is 3. The molecule has 0 spiro atoms. The van der Waals surface area contributed by atoms with Crippen LogP contribution in [0.4, 0.5) is 4.39 Å². The maximum atomic E-state index is 13.1. The molecule has 0 amide bonds. The minimum Gasteiger partial charge on any atom is -0.399 e. The smallest absolute Gasteiger partial charge is 0.123 e. The van der Waals surface area contributed by atoms with E-state index in [4.69, 9.17) is 4.84 Å². The van der Waals surface area contributed by atoms with Crippen LogP contribution in [0.1, 0.15) is 17.5 Å². The van der Waals surface area contributed by atoms with Crippen molar-refractivity contribution in [2.45, 2.75) is 12.8 Å². The maximum absolute atomic E-state index is 13.1. The topological polar surface area (TPSA) is 33.6 Å². The Morgan fingerprint density at radius 2 is 1.73 bits per heavy atom. The quantitative estimate of drug-likeness (QED) is 0.367. The Morgan fingerprint density at radius 1 is 0.962 bits per heavy atom. The van der Waals surface area contributed by atoms with Gasteiger partial charge in [-0.15, -0.1) is 0 Å². The lowest BCUT2D eigenvalue weighted by molar-refractivity contribution is 0.213. The highest BCUT2D eigenvalue weighted by atomic mass is 19.1. The highest BCUT2D eigenvalue weighted by Crippen LogP contribution is 2.15. The summed E-state index contributed by atoms with van der Waals surface area (Å²) in [6.45, 7) is 1.68. The fraction of sp³-hybridized carbons (Fsp3) is 0.227. The molecule has 0 aromatic heterocycles. The Labute approximate surface area is 153 Å². The number of hydrogen-bond acceptors (Lipinski definition) is 3. The Morgan fingerprint density at radius 3 is 2.50 bits per heavy atom. The average Bonchev–Trinajstić information content (AvgIpc) is 2.67. The lowest BCUT2D eigenvalue weighted by atomic mass is 10.1.